The lowest BCUT2D eigenvalue weighted by molar-refractivity contribution is 0.151. The minimum absolute atomic E-state index is 0.605. The summed E-state index contributed by atoms with van der Waals surface area (Å²) < 4.78 is 0. The van der Waals surface area contributed by atoms with Gasteiger partial charge < -0.3 is 10.2 Å². The van der Waals surface area contributed by atoms with Crippen LogP contribution in [0.2, 0.25) is 0 Å². The molecule has 1 fully saturated rings. The van der Waals surface area contributed by atoms with Crippen molar-refractivity contribution in [3.63, 3.8) is 0 Å². The van der Waals surface area contributed by atoms with Crippen LogP contribution in [-0.4, -0.2) is 37.1 Å². The van der Waals surface area contributed by atoms with Crippen LogP contribution >= 0.6 is 0 Å². The van der Waals surface area contributed by atoms with Crippen LogP contribution in [-0.2, 0) is 0 Å². The second-order valence-electron chi connectivity index (χ2n) is 4.90. The molecule has 16 heavy (non-hydrogen) atoms. The van der Waals surface area contributed by atoms with Gasteiger partial charge in [-0.05, 0) is 45.2 Å². The summed E-state index contributed by atoms with van der Waals surface area (Å²) in [5, 5.41) is 3.55. The van der Waals surface area contributed by atoms with Crippen LogP contribution in [0, 0.1) is 18.3 Å². The molecule has 2 nitrogen and oxygen atoms in total. The minimum atomic E-state index is 0.605. The second-order valence-corrected chi connectivity index (χ2v) is 4.90. The molecule has 2 heteroatoms. The highest BCUT2D eigenvalue weighted by Gasteiger charge is 2.23. The highest BCUT2D eigenvalue weighted by atomic mass is 15.1. The van der Waals surface area contributed by atoms with E-state index in [9.17, 15) is 0 Å². The average molecular weight is 222 g/mol. The first-order chi connectivity index (χ1) is 7.77. The van der Waals surface area contributed by atoms with Gasteiger partial charge in [0.2, 0.25) is 0 Å². The van der Waals surface area contributed by atoms with Crippen LogP contribution in [0.3, 0.4) is 0 Å². The Hall–Kier alpha value is -0.520. The molecule has 0 radical (unpaired) electrons. The lowest BCUT2D eigenvalue weighted by Gasteiger charge is -2.36. The highest BCUT2D eigenvalue weighted by Crippen LogP contribution is 2.19. The SMILES string of the molecule is C#CCCNC(C)C1CCCN(CCC)C1. The fraction of sp³-hybridized carbons (Fsp3) is 0.857. The molecular weight excluding hydrogens is 196 g/mol. The van der Waals surface area contributed by atoms with Gasteiger partial charge in [-0.1, -0.05) is 6.92 Å². The zero-order valence-corrected chi connectivity index (χ0v) is 10.8. The molecular formula is C14H26N2. The average Bonchev–Trinajstić information content (AvgIpc) is 2.30. The van der Waals surface area contributed by atoms with Gasteiger partial charge in [-0.3, -0.25) is 0 Å². The topological polar surface area (TPSA) is 15.3 Å². The molecule has 0 aromatic rings. The van der Waals surface area contributed by atoms with E-state index in [4.69, 9.17) is 6.42 Å². The first kappa shape index (κ1) is 13.5. The summed E-state index contributed by atoms with van der Waals surface area (Å²) in [6.07, 6.45) is 10.1. The Morgan fingerprint density at radius 1 is 1.56 bits per heavy atom. The van der Waals surface area contributed by atoms with Crippen molar-refractivity contribution in [1.29, 1.82) is 0 Å². The van der Waals surface area contributed by atoms with E-state index in [-0.39, 0.29) is 0 Å². The van der Waals surface area contributed by atoms with Gasteiger partial charge in [0.1, 0.15) is 0 Å². The molecule has 2 atom stereocenters. The summed E-state index contributed by atoms with van der Waals surface area (Å²) in [7, 11) is 0. The molecule has 0 amide bonds. The maximum absolute atomic E-state index is 5.26. The molecule has 0 spiro atoms. The largest absolute Gasteiger partial charge is 0.313 e. The van der Waals surface area contributed by atoms with Gasteiger partial charge >= 0.3 is 0 Å². The lowest BCUT2D eigenvalue weighted by Crippen LogP contribution is -2.44. The van der Waals surface area contributed by atoms with E-state index in [0.29, 0.717) is 6.04 Å². The van der Waals surface area contributed by atoms with Crippen molar-refractivity contribution in [2.75, 3.05) is 26.2 Å². The number of likely N-dealkylation sites (tertiary alicyclic amines) is 1. The Morgan fingerprint density at radius 2 is 2.38 bits per heavy atom. The predicted octanol–water partition coefficient (Wildman–Crippen LogP) is 2.11. The van der Waals surface area contributed by atoms with Gasteiger partial charge in [-0.15, -0.1) is 12.3 Å². The monoisotopic (exact) mass is 222 g/mol. The summed E-state index contributed by atoms with van der Waals surface area (Å²) in [5.41, 5.74) is 0. The molecule has 1 rings (SSSR count). The van der Waals surface area contributed by atoms with Crippen LogP contribution in [0.5, 0.6) is 0 Å². The van der Waals surface area contributed by atoms with E-state index >= 15 is 0 Å². The molecule has 0 aromatic carbocycles. The third kappa shape index (κ3) is 4.55. The van der Waals surface area contributed by atoms with Crippen molar-refractivity contribution in [1.82, 2.24) is 10.2 Å². The molecule has 1 aliphatic rings. The van der Waals surface area contributed by atoms with Gasteiger partial charge in [0.05, 0.1) is 0 Å². The highest BCUT2D eigenvalue weighted by molar-refractivity contribution is 4.86. The fourth-order valence-corrected chi connectivity index (χ4v) is 2.56. The molecule has 1 heterocycles. The number of nitrogens with zero attached hydrogens (tertiary/aromatic N) is 1. The van der Waals surface area contributed by atoms with Crippen molar-refractivity contribution < 1.29 is 0 Å². The Morgan fingerprint density at radius 3 is 3.06 bits per heavy atom. The number of terminal acetylenes is 1. The van der Waals surface area contributed by atoms with Crippen molar-refractivity contribution >= 4 is 0 Å². The van der Waals surface area contributed by atoms with E-state index in [0.717, 1.165) is 18.9 Å². The fourth-order valence-electron chi connectivity index (χ4n) is 2.56. The molecule has 1 saturated heterocycles. The van der Waals surface area contributed by atoms with Crippen LogP contribution in [0.25, 0.3) is 0 Å². The van der Waals surface area contributed by atoms with Crippen molar-refractivity contribution in [2.45, 2.75) is 45.6 Å². The predicted molar refractivity (Wildman–Crippen MR) is 70.4 cm³/mol. The van der Waals surface area contributed by atoms with E-state index in [2.05, 4.69) is 30.0 Å². The molecule has 2 unspecified atom stereocenters. The van der Waals surface area contributed by atoms with Gasteiger partial charge in [0, 0.05) is 25.6 Å². The van der Waals surface area contributed by atoms with Crippen molar-refractivity contribution in [3.8, 4) is 12.3 Å². The van der Waals surface area contributed by atoms with E-state index in [1.807, 2.05) is 0 Å². The first-order valence-corrected chi connectivity index (χ1v) is 6.67. The first-order valence-electron chi connectivity index (χ1n) is 6.67. The number of piperidine rings is 1. The third-order valence-corrected chi connectivity index (χ3v) is 3.52. The van der Waals surface area contributed by atoms with Gasteiger partial charge in [0.15, 0.2) is 0 Å². The summed E-state index contributed by atoms with van der Waals surface area (Å²) >= 11 is 0. The van der Waals surface area contributed by atoms with Gasteiger partial charge in [-0.25, -0.2) is 0 Å². The van der Waals surface area contributed by atoms with Crippen molar-refractivity contribution in [2.24, 2.45) is 5.92 Å². The zero-order valence-electron chi connectivity index (χ0n) is 10.8. The maximum atomic E-state index is 5.26. The third-order valence-electron chi connectivity index (χ3n) is 3.52. The summed E-state index contributed by atoms with van der Waals surface area (Å²) in [6.45, 7) is 9.34. The van der Waals surface area contributed by atoms with Crippen LogP contribution in [0.15, 0.2) is 0 Å². The van der Waals surface area contributed by atoms with Crippen LogP contribution in [0.4, 0.5) is 0 Å². The smallest absolute Gasteiger partial charge is 0.0211 e. The standard InChI is InChI=1S/C14H26N2/c1-4-6-9-15-13(3)14-8-7-11-16(12-14)10-5-2/h1,13-15H,5-12H2,2-3H3. The summed E-state index contributed by atoms with van der Waals surface area (Å²) in [5.74, 6) is 3.49. The zero-order chi connectivity index (χ0) is 11.8. The Bertz CT molecular complexity index is 217. The quantitative estimate of drug-likeness (QED) is 0.547. The molecule has 1 N–H and O–H groups in total. The number of hydrogen-bond donors (Lipinski definition) is 1. The second kappa shape index (κ2) is 7.70. The van der Waals surface area contributed by atoms with E-state index in [1.54, 1.807) is 0 Å². The lowest BCUT2D eigenvalue weighted by atomic mass is 9.91. The van der Waals surface area contributed by atoms with E-state index in [1.165, 1.54) is 38.9 Å². The van der Waals surface area contributed by atoms with Crippen LogP contribution < -0.4 is 5.32 Å². The minimum Gasteiger partial charge on any atom is -0.313 e. The Balaban J connectivity index is 2.26. The van der Waals surface area contributed by atoms with Crippen molar-refractivity contribution in [3.05, 3.63) is 0 Å². The number of nitrogens with one attached hydrogen (secondary N) is 1. The Kier molecular flexibility index (Phi) is 6.52. The molecule has 0 saturated carbocycles. The van der Waals surface area contributed by atoms with Gasteiger partial charge in [-0.2, -0.15) is 0 Å². The number of hydrogen-bond acceptors (Lipinski definition) is 2. The normalized spacial score (nSPS) is 23.9. The maximum Gasteiger partial charge on any atom is 0.0211 e. The van der Waals surface area contributed by atoms with E-state index < -0.39 is 0 Å². The van der Waals surface area contributed by atoms with Crippen LogP contribution in [0.1, 0.15) is 39.5 Å². The molecule has 1 aliphatic heterocycles. The number of rotatable bonds is 6. The summed E-state index contributed by atoms with van der Waals surface area (Å²) in [4.78, 5) is 2.60. The van der Waals surface area contributed by atoms with Gasteiger partial charge in [0.25, 0.3) is 0 Å². The summed E-state index contributed by atoms with van der Waals surface area (Å²) in [6, 6.07) is 0.605. The molecule has 0 aromatic heterocycles. The Labute approximate surface area is 101 Å². The molecule has 92 valence electrons. The molecule has 0 bridgehead atoms. The molecule has 0 aliphatic carbocycles.